The van der Waals surface area contributed by atoms with Gasteiger partial charge in [-0.15, -0.1) is 0 Å². The molecule has 1 saturated carbocycles. The van der Waals surface area contributed by atoms with Crippen LogP contribution in [-0.4, -0.2) is 45.9 Å². The normalized spacial score (nSPS) is 19.9. The van der Waals surface area contributed by atoms with E-state index in [1.54, 1.807) is 24.5 Å². The van der Waals surface area contributed by atoms with Crippen LogP contribution in [0.4, 0.5) is 20.4 Å². The van der Waals surface area contributed by atoms with Crippen molar-refractivity contribution in [2.24, 2.45) is 5.92 Å². The van der Waals surface area contributed by atoms with Crippen LogP contribution in [0.3, 0.4) is 0 Å². The summed E-state index contributed by atoms with van der Waals surface area (Å²) < 4.78 is 33.3. The third kappa shape index (κ3) is 5.24. The van der Waals surface area contributed by atoms with Crippen LogP contribution < -0.4 is 20.7 Å². The van der Waals surface area contributed by atoms with Crippen LogP contribution in [-0.2, 0) is 4.79 Å². The lowest BCUT2D eigenvalue weighted by Gasteiger charge is -2.23. The van der Waals surface area contributed by atoms with Gasteiger partial charge in [0.25, 0.3) is 5.92 Å². The minimum atomic E-state index is -2.93. The Morgan fingerprint density at radius 1 is 1.08 bits per heavy atom. The van der Waals surface area contributed by atoms with Crippen molar-refractivity contribution in [3.05, 3.63) is 66.5 Å². The second-order valence-electron chi connectivity index (χ2n) is 10.0. The molecule has 2 aliphatic rings. The number of benzene rings is 2. The maximum absolute atomic E-state index is 13.4. The Labute approximate surface area is 224 Å². The molecule has 6 rings (SSSR count). The van der Waals surface area contributed by atoms with Crippen LogP contribution in [0, 0.1) is 12.8 Å². The molecule has 1 aliphatic heterocycles. The van der Waals surface area contributed by atoms with Crippen LogP contribution in [0.5, 0.6) is 11.6 Å². The first-order chi connectivity index (χ1) is 18.9. The molecule has 2 atom stereocenters. The number of nitrogens with zero attached hydrogens (tertiary/aromatic N) is 3. The van der Waals surface area contributed by atoms with Crippen molar-refractivity contribution >= 4 is 28.3 Å². The van der Waals surface area contributed by atoms with Crippen molar-refractivity contribution in [1.29, 1.82) is 0 Å². The number of rotatable bonds is 7. The van der Waals surface area contributed by atoms with Crippen LogP contribution in [0.15, 0.2) is 60.9 Å². The maximum Gasteiger partial charge on any atom is 0.260 e. The molecule has 8 nitrogen and oxygen atoms in total. The predicted molar refractivity (Wildman–Crippen MR) is 145 cm³/mol. The van der Waals surface area contributed by atoms with Gasteiger partial charge >= 0.3 is 0 Å². The van der Waals surface area contributed by atoms with Gasteiger partial charge in [-0.25, -0.2) is 23.7 Å². The lowest BCUT2D eigenvalue weighted by Crippen LogP contribution is -2.38. The van der Waals surface area contributed by atoms with E-state index in [1.165, 1.54) is 0 Å². The van der Waals surface area contributed by atoms with Gasteiger partial charge in [-0.1, -0.05) is 24.3 Å². The molecule has 2 aromatic carbocycles. The van der Waals surface area contributed by atoms with Gasteiger partial charge in [0.1, 0.15) is 11.7 Å². The lowest BCUT2D eigenvalue weighted by atomic mass is 10.0. The van der Waals surface area contributed by atoms with Gasteiger partial charge < -0.3 is 20.7 Å². The number of aryl methyl sites for hydroxylation is 1. The van der Waals surface area contributed by atoms with Crippen molar-refractivity contribution in [3.63, 3.8) is 0 Å². The molecule has 1 saturated heterocycles. The molecule has 39 heavy (non-hydrogen) atoms. The molecular formula is C29H28F2N6O2. The number of ether oxygens (including phenoxy) is 1. The fourth-order valence-corrected chi connectivity index (χ4v) is 4.90. The van der Waals surface area contributed by atoms with Crippen molar-refractivity contribution in [2.75, 3.05) is 23.7 Å². The number of hydrogen-bond donors (Lipinski definition) is 3. The Kier molecular flexibility index (Phi) is 6.56. The van der Waals surface area contributed by atoms with E-state index in [-0.39, 0.29) is 6.04 Å². The highest BCUT2D eigenvalue weighted by atomic mass is 19.3. The SMILES string of the molecule is Cc1ccc2c(NC(=O)[C@@H]3CC3(F)F)cccc2c1Oc1ncccc1-c1ccnc(N[C@H]2CCCNC2)n1. The number of hydrogen-bond acceptors (Lipinski definition) is 7. The average Bonchev–Trinajstić information content (AvgIpc) is 3.59. The van der Waals surface area contributed by atoms with Crippen LogP contribution in [0.25, 0.3) is 22.0 Å². The van der Waals surface area contributed by atoms with E-state index in [1.807, 2.05) is 43.3 Å². The third-order valence-corrected chi connectivity index (χ3v) is 7.14. The Morgan fingerprint density at radius 2 is 1.95 bits per heavy atom. The van der Waals surface area contributed by atoms with Crippen molar-refractivity contribution in [2.45, 2.75) is 38.2 Å². The zero-order chi connectivity index (χ0) is 27.0. The first-order valence-corrected chi connectivity index (χ1v) is 13.0. The Balaban J connectivity index is 1.30. The van der Waals surface area contributed by atoms with E-state index in [9.17, 15) is 13.6 Å². The van der Waals surface area contributed by atoms with Crippen molar-refractivity contribution < 1.29 is 18.3 Å². The number of aromatic nitrogens is 3. The topological polar surface area (TPSA) is 101 Å². The maximum atomic E-state index is 13.4. The molecule has 1 amide bonds. The first kappa shape index (κ1) is 25.1. The quantitative estimate of drug-likeness (QED) is 0.288. The number of pyridine rings is 1. The molecule has 0 unspecified atom stereocenters. The largest absolute Gasteiger partial charge is 0.437 e. The van der Waals surface area contributed by atoms with Gasteiger partial charge in [-0.2, -0.15) is 0 Å². The summed E-state index contributed by atoms with van der Waals surface area (Å²) in [7, 11) is 0. The van der Waals surface area contributed by atoms with E-state index < -0.39 is 24.2 Å². The number of alkyl halides is 2. The van der Waals surface area contributed by atoms with Gasteiger partial charge in [0.2, 0.25) is 17.7 Å². The molecule has 200 valence electrons. The molecule has 0 spiro atoms. The summed E-state index contributed by atoms with van der Waals surface area (Å²) in [5.41, 5.74) is 2.67. The third-order valence-electron chi connectivity index (χ3n) is 7.14. The number of fused-ring (bicyclic) bond motifs is 1. The molecule has 1 aliphatic carbocycles. The minimum absolute atomic E-state index is 0.262. The molecule has 2 fully saturated rings. The number of piperidine rings is 1. The second-order valence-corrected chi connectivity index (χ2v) is 10.0. The Morgan fingerprint density at radius 3 is 2.74 bits per heavy atom. The molecule has 0 bridgehead atoms. The number of amides is 1. The van der Waals surface area contributed by atoms with Gasteiger partial charge in [-0.05, 0) is 56.1 Å². The van der Waals surface area contributed by atoms with Crippen molar-refractivity contribution in [1.82, 2.24) is 20.3 Å². The summed E-state index contributed by atoms with van der Waals surface area (Å²) in [6.45, 7) is 3.80. The standard InChI is InChI=1S/C29H28F2N6O2/c1-17-9-10-19-20(6-2-8-23(19)36-26(38)22-15-29(22,30)31)25(17)39-27-21(7-4-13-33-27)24-11-14-34-28(37-24)35-18-5-3-12-32-16-18/h2,4,6-11,13-14,18,22,32H,3,5,12,15-16H2,1H3,(H,36,38)(H,34,35,37)/t18-,22-/m0/s1. The Hall–Kier alpha value is -4.18. The number of carbonyl (C=O) groups excluding carboxylic acids is 1. The van der Waals surface area contributed by atoms with Crippen molar-refractivity contribution in [3.8, 4) is 22.9 Å². The van der Waals surface area contributed by atoms with Gasteiger partial charge in [0, 0.05) is 47.9 Å². The monoisotopic (exact) mass is 530 g/mol. The van der Waals surface area contributed by atoms with E-state index in [2.05, 4.69) is 25.9 Å². The molecule has 10 heteroatoms. The first-order valence-electron chi connectivity index (χ1n) is 13.0. The zero-order valence-electron chi connectivity index (χ0n) is 21.4. The zero-order valence-corrected chi connectivity index (χ0v) is 21.4. The van der Waals surface area contributed by atoms with Crippen LogP contribution >= 0.6 is 0 Å². The highest BCUT2D eigenvalue weighted by Gasteiger charge is 2.61. The number of nitrogens with one attached hydrogen (secondary N) is 3. The molecule has 3 heterocycles. The second kappa shape index (κ2) is 10.2. The predicted octanol–water partition coefficient (Wildman–Crippen LogP) is 5.55. The summed E-state index contributed by atoms with van der Waals surface area (Å²) in [4.78, 5) is 26.0. The Bertz CT molecular complexity index is 1540. The number of anilines is 2. The minimum Gasteiger partial charge on any atom is -0.437 e. The lowest BCUT2D eigenvalue weighted by molar-refractivity contribution is -0.119. The fourth-order valence-electron chi connectivity index (χ4n) is 4.90. The molecule has 3 N–H and O–H groups in total. The number of carbonyl (C=O) groups is 1. The highest BCUT2D eigenvalue weighted by molar-refractivity contribution is 6.06. The van der Waals surface area contributed by atoms with Crippen LogP contribution in [0.1, 0.15) is 24.8 Å². The molecule has 0 radical (unpaired) electrons. The summed E-state index contributed by atoms with van der Waals surface area (Å²) in [6.07, 6.45) is 5.08. The van der Waals surface area contributed by atoms with E-state index >= 15 is 0 Å². The fraction of sp³-hybridized carbons (Fsp3) is 0.310. The van der Waals surface area contributed by atoms with Gasteiger partial charge in [0.05, 0.1) is 11.3 Å². The van der Waals surface area contributed by atoms with E-state index in [0.717, 1.165) is 36.9 Å². The summed E-state index contributed by atoms with van der Waals surface area (Å²) >= 11 is 0. The smallest absolute Gasteiger partial charge is 0.260 e. The van der Waals surface area contributed by atoms with E-state index in [4.69, 9.17) is 9.72 Å². The number of halogens is 2. The molecule has 4 aromatic rings. The van der Waals surface area contributed by atoms with E-state index in [0.29, 0.717) is 39.9 Å². The average molecular weight is 531 g/mol. The van der Waals surface area contributed by atoms with Crippen LogP contribution in [0.2, 0.25) is 0 Å². The highest BCUT2D eigenvalue weighted by Crippen LogP contribution is 2.49. The summed E-state index contributed by atoms with van der Waals surface area (Å²) in [5.74, 6) is -3.44. The summed E-state index contributed by atoms with van der Waals surface area (Å²) in [6, 6.07) is 14.8. The van der Waals surface area contributed by atoms with Gasteiger partial charge in [0.15, 0.2) is 0 Å². The molecule has 2 aromatic heterocycles. The molecular weight excluding hydrogens is 502 g/mol. The van der Waals surface area contributed by atoms with Gasteiger partial charge in [-0.3, -0.25) is 4.79 Å². The summed E-state index contributed by atoms with van der Waals surface area (Å²) in [5, 5.41) is 10.9.